The molecule has 1 saturated heterocycles. The number of rotatable bonds is 5. The van der Waals surface area contributed by atoms with Crippen molar-refractivity contribution in [3.63, 3.8) is 0 Å². The van der Waals surface area contributed by atoms with Crippen molar-refractivity contribution in [2.45, 2.75) is 25.4 Å². The van der Waals surface area contributed by atoms with Crippen molar-refractivity contribution in [1.82, 2.24) is 19.4 Å². The normalized spacial score (nSPS) is 17.3. The van der Waals surface area contributed by atoms with Gasteiger partial charge in [0.1, 0.15) is 5.82 Å². The van der Waals surface area contributed by atoms with Crippen LogP contribution in [0.4, 0.5) is 9.52 Å². The highest BCUT2D eigenvalue weighted by Gasteiger charge is 2.28. The summed E-state index contributed by atoms with van der Waals surface area (Å²) in [5.41, 5.74) is 2.43. The van der Waals surface area contributed by atoms with Gasteiger partial charge < -0.3 is 4.57 Å². The standard InChI is InChI=1S/C19H20FN5OS/c1-24-9-15(21-12-24)10-25-8-2-3-17(25)16-11-27-19(22-16)23-18(26)13-4-6-14(20)7-5-13/h4-7,9,11-12,17H,2-3,8,10H2,1H3,(H,22,23,26). The first-order chi connectivity index (χ1) is 13.1. The highest BCUT2D eigenvalue weighted by molar-refractivity contribution is 7.14. The number of carbonyl (C=O) groups is 1. The number of thiazole rings is 1. The van der Waals surface area contributed by atoms with E-state index in [2.05, 4.69) is 20.2 Å². The molecule has 0 radical (unpaired) electrons. The van der Waals surface area contributed by atoms with Crippen LogP contribution in [0.3, 0.4) is 0 Å². The van der Waals surface area contributed by atoms with Crippen LogP contribution in [-0.4, -0.2) is 31.9 Å². The molecule has 1 fully saturated rings. The molecule has 3 heterocycles. The average Bonchev–Trinajstić information content (AvgIpc) is 3.37. The summed E-state index contributed by atoms with van der Waals surface area (Å²) >= 11 is 1.41. The van der Waals surface area contributed by atoms with Crippen molar-refractivity contribution in [1.29, 1.82) is 0 Å². The third-order valence-corrected chi connectivity index (χ3v) is 5.45. The fourth-order valence-electron chi connectivity index (χ4n) is 3.37. The van der Waals surface area contributed by atoms with Gasteiger partial charge in [-0.3, -0.25) is 15.0 Å². The van der Waals surface area contributed by atoms with Crippen LogP contribution in [0, 0.1) is 5.82 Å². The lowest BCUT2D eigenvalue weighted by molar-refractivity contribution is 0.102. The maximum atomic E-state index is 13.0. The van der Waals surface area contributed by atoms with E-state index in [0.29, 0.717) is 10.7 Å². The summed E-state index contributed by atoms with van der Waals surface area (Å²) in [6, 6.07) is 5.71. The predicted octanol–water partition coefficient (Wildman–Crippen LogP) is 3.61. The fraction of sp³-hybridized carbons (Fsp3) is 0.316. The first kappa shape index (κ1) is 17.8. The van der Waals surface area contributed by atoms with Gasteiger partial charge in [-0.1, -0.05) is 0 Å². The molecule has 4 rings (SSSR count). The second-order valence-electron chi connectivity index (χ2n) is 6.70. The summed E-state index contributed by atoms with van der Waals surface area (Å²) in [5, 5.41) is 5.36. The molecule has 8 heteroatoms. The van der Waals surface area contributed by atoms with E-state index >= 15 is 0 Å². The molecule has 2 aromatic heterocycles. The van der Waals surface area contributed by atoms with Crippen molar-refractivity contribution < 1.29 is 9.18 Å². The van der Waals surface area contributed by atoms with Gasteiger partial charge in [-0.2, -0.15) is 0 Å². The van der Waals surface area contributed by atoms with Gasteiger partial charge in [0, 0.05) is 30.7 Å². The summed E-state index contributed by atoms with van der Waals surface area (Å²) < 4.78 is 14.9. The van der Waals surface area contributed by atoms with Crippen LogP contribution < -0.4 is 5.32 Å². The minimum Gasteiger partial charge on any atom is -0.340 e. The number of hydrogen-bond acceptors (Lipinski definition) is 5. The van der Waals surface area contributed by atoms with E-state index in [1.165, 1.54) is 35.6 Å². The Hall–Kier alpha value is -2.58. The van der Waals surface area contributed by atoms with Gasteiger partial charge in [0.25, 0.3) is 5.91 Å². The molecule has 1 atom stereocenters. The molecule has 1 N–H and O–H groups in total. The Bertz CT molecular complexity index is 936. The summed E-state index contributed by atoms with van der Waals surface area (Å²) in [4.78, 5) is 23.7. The Morgan fingerprint density at radius 3 is 2.93 bits per heavy atom. The number of anilines is 1. The number of likely N-dealkylation sites (tertiary alicyclic amines) is 1. The zero-order valence-corrected chi connectivity index (χ0v) is 15.7. The molecular formula is C19H20FN5OS. The van der Waals surface area contributed by atoms with Crippen LogP contribution >= 0.6 is 11.3 Å². The van der Waals surface area contributed by atoms with Crippen LogP contribution in [0.2, 0.25) is 0 Å². The van der Waals surface area contributed by atoms with Crippen molar-refractivity contribution in [3.05, 3.63) is 64.9 Å². The minimum absolute atomic E-state index is 0.236. The number of nitrogens with one attached hydrogen (secondary N) is 1. The van der Waals surface area contributed by atoms with Gasteiger partial charge in [0.15, 0.2) is 5.13 Å². The SMILES string of the molecule is Cn1cnc(CN2CCCC2c2csc(NC(=O)c3ccc(F)cc3)n2)c1. The third-order valence-electron chi connectivity index (χ3n) is 4.68. The van der Waals surface area contributed by atoms with E-state index in [-0.39, 0.29) is 17.8 Å². The van der Waals surface area contributed by atoms with Gasteiger partial charge in [-0.05, 0) is 43.7 Å². The van der Waals surface area contributed by atoms with Crippen molar-refractivity contribution in [2.24, 2.45) is 7.05 Å². The molecule has 140 valence electrons. The summed E-state index contributed by atoms with van der Waals surface area (Å²) in [7, 11) is 1.97. The number of amides is 1. The van der Waals surface area contributed by atoms with Crippen molar-refractivity contribution in [2.75, 3.05) is 11.9 Å². The molecule has 1 unspecified atom stereocenters. The number of nitrogens with zero attached hydrogens (tertiary/aromatic N) is 4. The number of carbonyl (C=O) groups excluding carboxylic acids is 1. The van der Waals surface area contributed by atoms with Crippen LogP contribution in [0.1, 0.15) is 40.6 Å². The van der Waals surface area contributed by atoms with E-state index in [1.54, 1.807) is 0 Å². The van der Waals surface area contributed by atoms with Crippen molar-refractivity contribution in [3.8, 4) is 0 Å². The van der Waals surface area contributed by atoms with Gasteiger partial charge in [-0.15, -0.1) is 11.3 Å². The van der Waals surface area contributed by atoms with E-state index in [0.717, 1.165) is 37.3 Å². The molecular weight excluding hydrogens is 365 g/mol. The molecule has 6 nitrogen and oxygen atoms in total. The summed E-state index contributed by atoms with van der Waals surface area (Å²) in [6.07, 6.45) is 6.01. The Morgan fingerprint density at radius 2 is 2.19 bits per heavy atom. The smallest absolute Gasteiger partial charge is 0.257 e. The Labute approximate surface area is 160 Å². The minimum atomic E-state index is -0.364. The van der Waals surface area contributed by atoms with Gasteiger partial charge in [0.2, 0.25) is 0 Å². The Balaban J connectivity index is 1.43. The summed E-state index contributed by atoms with van der Waals surface area (Å²) in [5.74, 6) is -0.648. The second-order valence-corrected chi connectivity index (χ2v) is 7.56. The maximum absolute atomic E-state index is 13.0. The number of aryl methyl sites for hydroxylation is 1. The number of benzene rings is 1. The molecule has 0 bridgehead atoms. The number of halogens is 1. The number of aromatic nitrogens is 3. The number of imidazole rings is 1. The molecule has 1 aliphatic rings. The number of hydrogen-bond donors (Lipinski definition) is 1. The van der Waals surface area contributed by atoms with Crippen LogP contribution in [0.15, 0.2) is 42.2 Å². The quantitative estimate of drug-likeness (QED) is 0.729. The van der Waals surface area contributed by atoms with Gasteiger partial charge in [-0.25, -0.2) is 14.4 Å². The summed E-state index contributed by atoms with van der Waals surface area (Å²) in [6.45, 7) is 1.80. The highest BCUT2D eigenvalue weighted by atomic mass is 32.1. The molecule has 0 saturated carbocycles. The van der Waals surface area contributed by atoms with Gasteiger partial charge >= 0.3 is 0 Å². The lowest BCUT2D eigenvalue weighted by Crippen LogP contribution is -2.23. The van der Waals surface area contributed by atoms with E-state index in [4.69, 9.17) is 0 Å². The Kier molecular flexibility index (Phi) is 5.00. The van der Waals surface area contributed by atoms with E-state index in [9.17, 15) is 9.18 Å². The third kappa shape index (κ3) is 4.06. The Morgan fingerprint density at radius 1 is 1.37 bits per heavy atom. The van der Waals surface area contributed by atoms with Crippen LogP contribution in [0.25, 0.3) is 0 Å². The monoisotopic (exact) mass is 385 g/mol. The first-order valence-corrected chi connectivity index (χ1v) is 9.70. The zero-order chi connectivity index (χ0) is 18.8. The zero-order valence-electron chi connectivity index (χ0n) is 14.9. The predicted molar refractivity (Wildman–Crippen MR) is 102 cm³/mol. The second kappa shape index (κ2) is 7.58. The largest absolute Gasteiger partial charge is 0.340 e. The van der Waals surface area contributed by atoms with Crippen molar-refractivity contribution >= 4 is 22.4 Å². The highest BCUT2D eigenvalue weighted by Crippen LogP contribution is 2.34. The van der Waals surface area contributed by atoms with Gasteiger partial charge in [0.05, 0.1) is 23.8 Å². The van der Waals surface area contributed by atoms with Crippen LogP contribution in [-0.2, 0) is 13.6 Å². The fourth-order valence-corrected chi connectivity index (χ4v) is 4.13. The molecule has 1 aliphatic heterocycles. The molecule has 1 amide bonds. The average molecular weight is 385 g/mol. The molecule has 0 spiro atoms. The topological polar surface area (TPSA) is 63.1 Å². The molecule has 0 aliphatic carbocycles. The molecule has 1 aromatic carbocycles. The lowest BCUT2D eigenvalue weighted by atomic mass is 10.1. The lowest BCUT2D eigenvalue weighted by Gasteiger charge is -2.21. The van der Waals surface area contributed by atoms with E-state index < -0.39 is 0 Å². The molecule has 27 heavy (non-hydrogen) atoms. The van der Waals surface area contributed by atoms with E-state index in [1.807, 2.05) is 29.5 Å². The van der Waals surface area contributed by atoms with Crippen LogP contribution in [0.5, 0.6) is 0 Å². The first-order valence-electron chi connectivity index (χ1n) is 8.82. The maximum Gasteiger partial charge on any atom is 0.257 e. The molecule has 3 aromatic rings.